The summed E-state index contributed by atoms with van der Waals surface area (Å²) in [5.74, 6) is 1.09. The molecule has 0 saturated heterocycles. The van der Waals surface area contributed by atoms with Crippen molar-refractivity contribution in [2.45, 2.75) is 32.9 Å². The van der Waals surface area contributed by atoms with Crippen molar-refractivity contribution in [1.29, 1.82) is 0 Å². The predicted molar refractivity (Wildman–Crippen MR) is 56.1 cm³/mol. The first-order valence-electron chi connectivity index (χ1n) is 5.13. The van der Waals surface area contributed by atoms with Crippen LogP contribution < -0.4 is 5.73 Å². The third-order valence-corrected chi connectivity index (χ3v) is 2.18. The van der Waals surface area contributed by atoms with E-state index in [0.29, 0.717) is 13.2 Å². The summed E-state index contributed by atoms with van der Waals surface area (Å²) in [5, 5.41) is 0. The summed E-state index contributed by atoms with van der Waals surface area (Å²) in [6.45, 7) is 6.13. The van der Waals surface area contributed by atoms with Crippen molar-refractivity contribution in [3.8, 4) is 0 Å². The molecule has 2 N–H and O–H groups in total. The topological polar surface area (TPSA) is 53.1 Å². The summed E-state index contributed by atoms with van der Waals surface area (Å²) >= 11 is 0. The predicted octanol–water partition coefficient (Wildman–Crippen LogP) is 0.809. The van der Waals surface area contributed by atoms with Crippen LogP contribution in [0.4, 0.5) is 0 Å². The van der Waals surface area contributed by atoms with Crippen molar-refractivity contribution in [1.82, 2.24) is 9.55 Å². The first kappa shape index (κ1) is 11.2. The molecule has 4 heteroatoms. The Bertz CT molecular complexity index is 260. The largest absolute Gasteiger partial charge is 0.375 e. The first-order valence-corrected chi connectivity index (χ1v) is 5.13. The molecule has 14 heavy (non-hydrogen) atoms. The molecule has 0 spiro atoms. The van der Waals surface area contributed by atoms with Gasteiger partial charge >= 0.3 is 0 Å². The number of ether oxygens (including phenoxy) is 1. The highest BCUT2D eigenvalue weighted by Gasteiger charge is 2.08. The third-order valence-electron chi connectivity index (χ3n) is 2.18. The maximum absolute atomic E-state index is 5.61. The van der Waals surface area contributed by atoms with E-state index in [-0.39, 0.29) is 6.10 Å². The smallest absolute Gasteiger partial charge is 0.108 e. The van der Waals surface area contributed by atoms with Gasteiger partial charge < -0.3 is 15.0 Å². The molecule has 0 aliphatic heterocycles. The lowest BCUT2D eigenvalue weighted by Crippen LogP contribution is -2.29. The summed E-state index contributed by atoms with van der Waals surface area (Å²) in [7, 11) is 0. The zero-order chi connectivity index (χ0) is 10.4. The van der Waals surface area contributed by atoms with Crippen molar-refractivity contribution in [3.05, 3.63) is 18.2 Å². The van der Waals surface area contributed by atoms with Gasteiger partial charge in [0.05, 0.1) is 12.6 Å². The van der Waals surface area contributed by atoms with Crippen LogP contribution in [-0.2, 0) is 17.7 Å². The van der Waals surface area contributed by atoms with Gasteiger partial charge in [0.2, 0.25) is 0 Å². The summed E-state index contributed by atoms with van der Waals surface area (Å²) < 4.78 is 7.59. The molecule has 0 aliphatic rings. The van der Waals surface area contributed by atoms with E-state index in [2.05, 4.69) is 16.5 Å². The number of hydrogen-bond donors (Lipinski definition) is 1. The van der Waals surface area contributed by atoms with Crippen LogP contribution in [0.15, 0.2) is 12.4 Å². The molecule has 0 amide bonds. The highest BCUT2D eigenvalue weighted by molar-refractivity contribution is 4.92. The molecule has 0 aliphatic carbocycles. The number of hydrogen-bond acceptors (Lipinski definition) is 3. The van der Waals surface area contributed by atoms with E-state index >= 15 is 0 Å². The molecular weight excluding hydrogens is 178 g/mol. The standard InChI is InChI=1S/C10H19N3O/c1-3-10-12-5-6-13(10)8-9(7-11)14-4-2/h5-6,9H,3-4,7-8,11H2,1-2H3. The minimum absolute atomic E-state index is 0.0968. The molecule has 1 rings (SSSR count). The Hall–Kier alpha value is -0.870. The zero-order valence-corrected chi connectivity index (χ0v) is 8.94. The number of imidazole rings is 1. The molecule has 0 saturated carbocycles. The van der Waals surface area contributed by atoms with Crippen molar-refractivity contribution in [3.63, 3.8) is 0 Å². The second-order valence-electron chi connectivity index (χ2n) is 3.16. The van der Waals surface area contributed by atoms with Crippen molar-refractivity contribution >= 4 is 0 Å². The van der Waals surface area contributed by atoms with Gasteiger partial charge in [-0.15, -0.1) is 0 Å². The normalized spacial score (nSPS) is 13.1. The summed E-state index contributed by atoms with van der Waals surface area (Å²) in [4.78, 5) is 4.25. The Morgan fingerprint density at radius 3 is 2.93 bits per heavy atom. The number of nitrogens with zero attached hydrogens (tertiary/aromatic N) is 2. The molecule has 4 nitrogen and oxygen atoms in total. The zero-order valence-electron chi connectivity index (χ0n) is 8.94. The Balaban J connectivity index is 2.56. The lowest BCUT2D eigenvalue weighted by Gasteiger charge is -2.16. The highest BCUT2D eigenvalue weighted by atomic mass is 16.5. The van der Waals surface area contributed by atoms with Crippen LogP contribution in [0, 0.1) is 0 Å². The average Bonchev–Trinajstić information content (AvgIpc) is 2.64. The molecule has 1 atom stereocenters. The fraction of sp³-hybridized carbons (Fsp3) is 0.700. The number of rotatable bonds is 6. The van der Waals surface area contributed by atoms with Gasteiger partial charge in [0, 0.05) is 32.0 Å². The molecule has 1 heterocycles. The van der Waals surface area contributed by atoms with Gasteiger partial charge in [0.15, 0.2) is 0 Å². The molecule has 80 valence electrons. The number of aromatic nitrogens is 2. The summed E-state index contributed by atoms with van der Waals surface area (Å²) in [6, 6.07) is 0. The quantitative estimate of drug-likeness (QED) is 0.734. The van der Waals surface area contributed by atoms with Crippen LogP contribution in [-0.4, -0.2) is 28.8 Å². The maximum atomic E-state index is 5.61. The Morgan fingerprint density at radius 1 is 1.57 bits per heavy atom. The lowest BCUT2D eigenvalue weighted by atomic mass is 10.3. The Kier molecular flexibility index (Phi) is 4.62. The van der Waals surface area contributed by atoms with Crippen LogP contribution >= 0.6 is 0 Å². The lowest BCUT2D eigenvalue weighted by molar-refractivity contribution is 0.0562. The van der Waals surface area contributed by atoms with Gasteiger partial charge in [0.1, 0.15) is 5.82 Å². The van der Waals surface area contributed by atoms with Gasteiger partial charge in [0.25, 0.3) is 0 Å². The van der Waals surface area contributed by atoms with E-state index < -0.39 is 0 Å². The molecule has 0 fully saturated rings. The molecule has 1 unspecified atom stereocenters. The van der Waals surface area contributed by atoms with Crippen molar-refractivity contribution in [2.24, 2.45) is 5.73 Å². The molecule has 1 aromatic rings. The van der Waals surface area contributed by atoms with Gasteiger partial charge in [-0.05, 0) is 6.92 Å². The molecule has 0 bridgehead atoms. The number of nitrogens with two attached hydrogens (primary N) is 1. The fourth-order valence-corrected chi connectivity index (χ4v) is 1.47. The second-order valence-corrected chi connectivity index (χ2v) is 3.16. The summed E-state index contributed by atoms with van der Waals surface area (Å²) in [5.41, 5.74) is 5.61. The Labute approximate surface area is 85.1 Å². The van der Waals surface area contributed by atoms with Crippen molar-refractivity contribution < 1.29 is 4.74 Å². The average molecular weight is 197 g/mol. The van der Waals surface area contributed by atoms with E-state index in [1.807, 2.05) is 19.3 Å². The molecule has 1 aromatic heterocycles. The first-order chi connectivity index (χ1) is 6.81. The summed E-state index contributed by atoms with van der Waals surface area (Å²) in [6.07, 6.45) is 4.83. The van der Waals surface area contributed by atoms with Crippen LogP contribution in [0.25, 0.3) is 0 Å². The van der Waals surface area contributed by atoms with Gasteiger partial charge in [-0.1, -0.05) is 6.92 Å². The van der Waals surface area contributed by atoms with E-state index in [0.717, 1.165) is 18.8 Å². The van der Waals surface area contributed by atoms with Crippen LogP contribution in [0.1, 0.15) is 19.7 Å². The maximum Gasteiger partial charge on any atom is 0.108 e. The minimum atomic E-state index is 0.0968. The van der Waals surface area contributed by atoms with Crippen LogP contribution in [0.2, 0.25) is 0 Å². The van der Waals surface area contributed by atoms with Crippen LogP contribution in [0.3, 0.4) is 0 Å². The monoisotopic (exact) mass is 197 g/mol. The molecule has 0 aromatic carbocycles. The third kappa shape index (κ3) is 2.82. The second kappa shape index (κ2) is 5.78. The van der Waals surface area contributed by atoms with E-state index in [9.17, 15) is 0 Å². The SMILES string of the molecule is CCOC(CN)Cn1ccnc1CC. The van der Waals surface area contributed by atoms with Gasteiger partial charge in [-0.3, -0.25) is 0 Å². The van der Waals surface area contributed by atoms with E-state index in [1.165, 1.54) is 0 Å². The van der Waals surface area contributed by atoms with Crippen LogP contribution in [0.5, 0.6) is 0 Å². The minimum Gasteiger partial charge on any atom is -0.375 e. The molecule has 0 radical (unpaired) electrons. The van der Waals surface area contributed by atoms with E-state index in [4.69, 9.17) is 10.5 Å². The van der Waals surface area contributed by atoms with Crippen molar-refractivity contribution in [2.75, 3.05) is 13.2 Å². The number of aryl methyl sites for hydroxylation is 1. The highest BCUT2D eigenvalue weighted by Crippen LogP contribution is 2.02. The van der Waals surface area contributed by atoms with E-state index in [1.54, 1.807) is 0 Å². The van der Waals surface area contributed by atoms with Gasteiger partial charge in [-0.2, -0.15) is 0 Å². The molecular formula is C10H19N3O. The Morgan fingerprint density at radius 2 is 2.36 bits per heavy atom. The van der Waals surface area contributed by atoms with Gasteiger partial charge in [-0.25, -0.2) is 4.98 Å². The fourth-order valence-electron chi connectivity index (χ4n) is 1.47.